The molecule has 0 fully saturated rings. The van der Waals surface area contributed by atoms with Crippen molar-refractivity contribution in [2.75, 3.05) is 0 Å². The van der Waals surface area contributed by atoms with Gasteiger partial charge in [0.25, 0.3) is 0 Å². The van der Waals surface area contributed by atoms with Crippen LogP contribution in [0.5, 0.6) is 0 Å². The number of rotatable bonds is 15. The van der Waals surface area contributed by atoms with Gasteiger partial charge in [0.05, 0.1) is 19.3 Å². The minimum Gasteiger partial charge on any atom is -0.408 e. The molecular weight excluding hydrogens is 452 g/mol. The molecule has 0 aliphatic carbocycles. The lowest BCUT2D eigenvalue weighted by Gasteiger charge is -2.41. The van der Waals surface area contributed by atoms with E-state index in [9.17, 15) is 4.79 Å². The SMILES string of the molecule is C=CCCC(=O)[C@H](OCc1ccccc1)[C@H](OCc1ccccc1)[C@@H](C=C)O[Si](C)(C)C(C)(C)C. The second-order valence-electron chi connectivity index (χ2n) is 10.4. The van der Waals surface area contributed by atoms with E-state index >= 15 is 0 Å². The van der Waals surface area contributed by atoms with E-state index < -0.39 is 26.6 Å². The molecule has 0 bridgehead atoms. The van der Waals surface area contributed by atoms with Crippen molar-refractivity contribution in [2.24, 2.45) is 0 Å². The summed E-state index contributed by atoms with van der Waals surface area (Å²) in [5.41, 5.74) is 2.02. The van der Waals surface area contributed by atoms with Crippen LogP contribution in [0, 0.1) is 0 Å². The van der Waals surface area contributed by atoms with Crippen LogP contribution in [0.15, 0.2) is 86.0 Å². The van der Waals surface area contributed by atoms with Gasteiger partial charge in [-0.25, -0.2) is 0 Å². The van der Waals surface area contributed by atoms with Gasteiger partial charge >= 0.3 is 0 Å². The van der Waals surface area contributed by atoms with E-state index in [0.29, 0.717) is 26.1 Å². The number of hydrogen-bond donors (Lipinski definition) is 0. The smallest absolute Gasteiger partial charge is 0.193 e. The Morgan fingerprint density at radius 1 is 0.914 bits per heavy atom. The van der Waals surface area contributed by atoms with Crippen molar-refractivity contribution in [1.82, 2.24) is 0 Å². The number of carbonyl (C=O) groups excluding carboxylic acids is 1. The van der Waals surface area contributed by atoms with E-state index in [4.69, 9.17) is 13.9 Å². The van der Waals surface area contributed by atoms with Crippen molar-refractivity contribution in [2.45, 2.75) is 83.3 Å². The molecule has 2 aromatic rings. The summed E-state index contributed by atoms with van der Waals surface area (Å²) in [5.74, 6) is -0.0235. The maximum absolute atomic E-state index is 13.4. The van der Waals surface area contributed by atoms with Crippen LogP contribution < -0.4 is 0 Å². The van der Waals surface area contributed by atoms with Crippen molar-refractivity contribution >= 4 is 14.1 Å². The summed E-state index contributed by atoms with van der Waals surface area (Å²) in [7, 11) is -2.19. The minimum atomic E-state index is -2.19. The van der Waals surface area contributed by atoms with Gasteiger partial charge in [-0.05, 0) is 35.7 Å². The monoisotopic (exact) mass is 494 g/mol. The first-order valence-electron chi connectivity index (χ1n) is 12.3. The van der Waals surface area contributed by atoms with E-state index in [-0.39, 0.29) is 10.8 Å². The second-order valence-corrected chi connectivity index (χ2v) is 15.1. The molecule has 0 N–H and O–H groups in total. The fourth-order valence-corrected chi connectivity index (χ4v) is 4.67. The molecule has 0 saturated heterocycles. The number of ether oxygens (including phenoxy) is 2. The molecule has 5 heteroatoms. The third-order valence-corrected chi connectivity index (χ3v) is 11.0. The van der Waals surface area contributed by atoms with Gasteiger partial charge in [-0.2, -0.15) is 0 Å². The van der Waals surface area contributed by atoms with Crippen LogP contribution in [0.2, 0.25) is 18.1 Å². The Labute approximate surface area is 213 Å². The topological polar surface area (TPSA) is 44.8 Å². The van der Waals surface area contributed by atoms with E-state index in [1.165, 1.54) is 0 Å². The van der Waals surface area contributed by atoms with Gasteiger partial charge in [-0.15, -0.1) is 13.2 Å². The summed E-state index contributed by atoms with van der Waals surface area (Å²) in [6.45, 7) is 19.4. The quantitative estimate of drug-likeness (QED) is 0.193. The zero-order chi connectivity index (χ0) is 25.9. The molecule has 4 nitrogen and oxygen atoms in total. The first kappa shape index (κ1) is 28.9. The lowest BCUT2D eigenvalue weighted by atomic mass is 10.00. The Balaban J connectivity index is 2.39. The Bertz CT molecular complexity index is 918. The van der Waals surface area contributed by atoms with Crippen LogP contribution >= 0.6 is 0 Å². The molecule has 0 aliphatic heterocycles. The van der Waals surface area contributed by atoms with E-state index in [0.717, 1.165) is 11.1 Å². The highest BCUT2D eigenvalue weighted by Crippen LogP contribution is 2.38. The van der Waals surface area contributed by atoms with Gasteiger partial charge in [0.2, 0.25) is 0 Å². The molecule has 35 heavy (non-hydrogen) atoms. The number of ketones is 1. The van der Waals surface area contributed by atoms with Gasteiger partial charge < -0.3 is 13.9 Å². The Morgan fingerprint density at radius 2 is 1.43 bits per heavy atom. The van der Waals surface area contributed by atoms with Crippen LogP contribution in [0.4, 0.5) is 0 Å². The van der Waals surface area contributed by atoms with Crippen molar-refractivity contribution in [3.8, 4) is 0 Å². The summed E-state index contributed by atoms with van der Waals surface area (Å²) >= 11 is 0. The van der Waals surface area contributed by atoms with Crippen LogP contribution in [-0.2, 0) is 31.9 Å². The Morgan fingerprint density at radius 3 is 1.89 bits per heavy atom. The third kappa shape index (κ3) is 9.01. The van der Waals surface area contributed by atoms with Crippen LogP contribution in [-0.4, -0.2) is 32.4 Å². The molecule has 2 rings (SSSR count). The Kier molecular flexibility index (Phi) is 11.3. The minimum absolute atomic E-state index is 0.00845. The Hall–Kier alpha value is -2.31. The second kappa shape index (κ2) is 13.7. The number of allylic oxidation sites excluding steroid dienone is 1. The zero-order valence-electron chi connectivity index (χ0n) is 22.0. The van der Waals surface area contributed by atoms with Crippen molar-refractivity contribution < 1.29 is 18.7 Å². The van der Waals surface area contributed by atoms with E-state index in [1.54, 1.807) is 12.2 Å². The summed E-state index contributed by atoms with van der Waals surface area (Å²) in [6.07, 6.45) is 2.50. The lowest BCUT2D eigenvalue weighted by Crippen LogP contribution is -2.52. The number of carbonyl (C=O) groups is 1. The molecular formula is C30H42O4Si. The van der Waals surface area contributed by atoms with Gasteiger partial charge in [-0.3, -0.25) is 4.79 Å². The van der Waals surface area contributed by atoms with Crippen LogP contribution in [0.3, 0.4) is 0 Å². The highest BCUT2D eigenvalue weighted by Gasteiger charge is 2.43. The highest BCUT2D eigenvalue weighted by molar-refractivity contribution is 6.74. The van der Waals surface area contributed by atoms with Crippen molar-refractivity contribution in [1.29, 1.82) is 0 Å². The zero-order valence-corrected chi connectivity index (χ0v) is 23.0. The molecule has 0 aliphatic rings. The lowest BCUT2D eigenvalue weighted by molar-refractivity contribution is -0.153. The van der Waals surface area contributed by atoms with E-state index in [1.807, 2.05) is 60.7 Å². The number of Topliss-reactive ketones (excluding diaryl/α,β-unsaturated/α-hetero) is 1. The van der Waals surface area contributed by atoms with E-state index in [2.05, 4.69) is 47.0 Å². The molecule has 0 radical (unpaired) electrons. The summed E-state index contributed by atoms with van der Waals surface area (Å²) < 4.78 is 19.5. The van der Waals surface area contributed by atoms with Crippen molar-refractivity contribution in [3.63, 3.8) is 0 Å². The molecule has 0 aromatic heterocycles. The van der Waals surface area contributed by atoms with Crippen LogP contribution in [0.1, 0.15) is 44.7 Å². The van der Waals surface area contributed by atoms with Gasteiger partial charge in [0.1, 0.15) is 12.2 Å². The predicted octanol–water partition coefficient (Wildman–Crippen LogP) is 7.27. The molecule has 0 spiro atoms. The summed E-state index contributed by atoms with van der Waals surface area (Å²) in [5, 5.41) is -0.00845. The molecule has 0 saturated carbocycles. The fraction of sp³-hybridized carbons (Fsp3) is 0.433. The van der Waals surface area contributed by atoms with Gasteiger partial charge in [-0.1, -0.05) is 93.6 Å². The van der Waals surface area contributed by atoms with Crippen molar-refractivity contribution in [3.05, 3.63) is 97.1 Å². The first-order chi connectivity index (χ1) is 16.6. The van der Waals surface area contributed by atoms with Gasteiger partial charge in [0.15, 0.2) is 14.1 Å². The molecule has 2 aromatic carbocycles. The average molecular weight is 495 g/mol. The fourth-order valence-electron chi connectivity index (χ4n) is 3.41. The normalized spacial score (nSPS) is 14.7. The van der Waals surface area contributed by atoms with Crippen LogP contribution in [0.25, 0.3) is 0 Å². The number of benzene rings is 2. The molecule has 0 amide bonds. The summed E-state index contributed by atoms with van der Waals surface area (Å²) in [6, 6.07) is 19.8. The standard InChI is InChI=1S/C30H42O4Si/c1-8-10-21-26(31)28(32-22-24-17-13-11-14-18-24)29(33-23-25-19-15-12-16-20-25)27(9-2)34-35(6,7)30(3,4)5/h8-9,11-20,27-29H,1-2,10,21-23H2,3-7H3/t27-,28+,29-/m1/s1. The predicted molar refractivity (Wildman–Crippen MR) is 147 cm³/mol. The largest absolute Gasteiger partial charge is 0.408 e. The molecule has 0 unspecified atom stereocenters. The maximum atomic E-state index is 13.4. The molecule has 0 heterocycles. The maximum Gasteiger partial charge on any atom is 0.193 e. The van der Waals surface area contributed by atoms with Gasteiger partial charge in [0, 0.05) is 6.42 Å². The third-order valence-electron chi connectivity index (χ3n) is 6.56. The first-order valence-corrected chi connectivity index (χ1v) is 15.2. The molecule has 3 atom stereocenters. The summed E-state index contributed by atoms with van der Waals surface area (Å²) in [4.78, 5) is 13.4. The number of hydrogen-bond acceptors (Lipinski definition) is 4. The average Bonchev–Trinajstić information content (AvgIpc) is 2.83. The highest BCUT2D eigenvalue weighted by atomic mass is 28.4. The molecule has 190 valence electrons.